The highest BCUT2D eigenvalue weighted by Crippen LogP contribution is 2.35. The molecule has 1 saturated heterocycles. The highest BCUT2D eigenvalue weighted by atomic mass is 19.3. The van der Waals surface area contributed by atoms with Crippen LogP contribution in [-0.2, 0) is 109 Å². The number of phenolic OH excluding ortho intramolecular Hbond substituents is 2. The minimum atomic E-state index is -2.95. The van der Waals surface area contributed by atoms with E-state index in [-0.39, 0.29) is 139 Å². The Balaban J connectivity index is 0.000000247. The number of alkyl halides is 4. The molecule has 1 heterocycles. The van der Waals surface area contributed by atoms with Crippen molar-refractivity contribution in [3.63, 3.8) is 0 Å². The summed E-state index contributed by atoms with van der Waals surface area (Å²) >= 11 is 0. The number of methoxy groups -OCH3 is 6. The van der Waals surface area contributed by atoms with Gasteiger partial charge in [-0.2, -0.15) is 0 Å². The molecule has 0 aliphatic carbocycles. The zero-order valence-corrected chi connectivity index (χ0v) is 57.5. The Morgan fingerprint density at radius 2 is 0.717 bits per heavy atom. The van der Waals surface area contributed by atoms with Crippen molar-refractivity contribution in [1.82, 2.24) is 5.06 Å². The molecule has 33 heteroatoms. The predicted molar refractivity (Wildman–Crippen MR) is 365 cm³/mol. The van der Waals surface area contributed by atoms with Gasteiger partial charge in [-0.15, -0.1) is 5.06 Å². The first-order valence-corrected chi connectivity index (χ1v) is 31.1. The van der Waals surface area contributed by atoms with Crippen molar-refractivity contribution < 1.29 is 124 Å². The van der Waals surface area contributed by atoms with Gasteiger partial charge in [0.25, 0.3) is 41.7 Å². The number of hydroxylamine groups is 2. The van der Waals surface area contributed by atoms with E-state index in [1.165, 1.54) is 128 Å². The van der Waals surface area contributed by atoms with E-state index >= 15 is 0 Å². The van der Waals surface area contributed by atoms with Crippen molar-refractivity contribution in [3.05, 3.63) is 256 Å². The second-order valence-electron chi connectivity index (χ2n) is 21.8. The largest absolute Gasteiger partial charge is 0.508 e. The van der Waals surface area contributed by atoms with Crippen LogP contribution >= 0.6 is 0 Å². The Labute approximate surface area is 601 Å². The maximum Gasteiger partial charge on any atom is 0.337 e. The number of imide groups is 1. The van der Waals surface area contributed by atoms with E-state index in [2.05, 4.69) is 18.9 Å². The minimum Gasteiger partial charge on any atom is -0.508 e. The lowest BCUT2D eigenvalue weighted by Gasteiger charge is -2.14. The van der Waals surface area contributed by atoms with Crippen LogP contribution in [0.3, 0.4) is 0 Å². The van der Waals surface area contributed by atoms with Crippen LogP contribution in [0.15, 0.2) is 170 Å². The third kappa shape index (κ3) is 26.6. The Bertz CT molecular complexity index is 4370. The van der Waals surface area contributed by atoms with Gasteiger partial charge in [0.1, 0.15) is 37.1 Å². The average Bonchev–Trinajstić information content (AvgIpc) is 1.34. The molecule has 560 valence electrons. The first-order chi connectivity index (χ1) is 50.6. The van der Waals surface area contributed by atoms with E-state index in [0.717, 1.165) is 28.8 Å². The van der Waals surface area contributed by atoms with Crippen LogP contribution in [-0.4, -0.2) is 114 Å². The summed E-state index contributed by atoms with van der Waals surface area (Å²) < 4.78 is 98.2. The van der Waals surface area contributed by atoms with E-state index < -0.39 is 63.4 Å². The number of nitro benzene ring substituents is 3. The van der Waals surface area contributed by atoms with Crippen molar-refractivity contribution in [2.45, 2.75) is 77.6 Å². The number of esters is 4. The maximum atomic E-state index is 13.5. The molecule has 8 aromatic rings. The summed E-state index contributed by atoms with van der Waals surface area (Å²) in [6, 6.07) is 41.8. The average molecular weight is 1480 g/mol. The van der Waals surface area contributed by atoms with Gasteiger partial charge in [0.2, 0.25) is 0 Å². The monoisotopic (exact) mass is 1480 g/mol. The van der Waals surface area contributed by atoms with Gasteiger partial charge in [0, 0.05) is 31.0 Å². The summed E-state index contributed by atoms with van der Waals surface area (Å²) in [4.78, 5) is 115. The third-order valence-electron chi connectivity index (χ3n) is 14.6. The number of ether oxygens (including phenoxy) is 9. The molecule has 0 atom stereocenters. The predicted octanol–water partition coefficient (Wildman–Crippen LogP) is 12.2. The summed E-state index contributed by atoms with van der Waals surface area (Å²) in [5.74, 6) is -2.57. The lowest BCUT2D eigenvalue weighted by Crippen LogP contribution is -2.32. The molecule has 2 amide bonds. The maximum absolute atomic E-state index is 13.5. The van der Waals surface area contributed by atoms with E-state index in [9.17, 15) is 86.6 Å². The van der Waals surface area contributed by atoms with Gasteiger partial charge in [-0.05, 0) is 107 Å². The zero-order chi connectivity index (χ0) is 78.0. The van der Waals surface area contributed by atoms with Gasteiger partial charge in [-0.25, -0.2) is 22.4 Å². The summed E-state index contributed by atoms with van der Waals surface area (Å²) in [7, 11) is 8.15. The number of para-hydroxylation sites is 3. The van der Waals surface area contributed by atoms with Crippen molar-refractivity contribution in [2.75, 3.05) is 42.7 Å². The van der Waals surface area contributed by atoms with Gasteiger partial charge in [-0.1, -0.05) is 72.8 Å². The van der Waals surface area contributed by atoms with Gasteiger partial charge >= 0.3 is 29.8 Å². The number of amides is 2. The molecule has 9 rings (SSSR count). The molecule has 0 spiro atoms. The Kier molecular flexibility index (Phi) is 33.3. The lowest BCUT2D eigenvalue weighted by molar-refractivity contribution is -0.386. The molecule has 1 aliphatic rings. The molecule has 1 fully saturated rings. The second-order valence-corrected chi connectivity index (χ2v) is 21.8. The highest BCUT2D eigenvalue weighted by molar-refractivity contribution is 6.01. The molecule has 8 aromatic carbocycles. The fourth-order valence-electron chi connectivity index (χ4n) is 9.22. The van der Waals surface area contributed by atoms with Crippen molar-refractivity contribution in [2.24, 2.45) is 0 Å². The number of hydrogen-bond acceptors (Lipinski definition) is 25. The Hall–Kier alpha value is -13.2. The van der Waals surface area contributed by atoms with Gasteiger partial charge in [-0.3, -0.25) is 59.1 Å². The van der Waals surface area contributed by atoms with Crippen LogP contribution in [0.5, 0.6) is 40.2 Å². The standard InChI is InChI=1S/C20H16F2N2O7.C17H15F2NO5.C17H17NO6.C10H12O4.C9H10O3/c21-20(22)14-9-12(10-19(27)31-23-17(25)7-8-18(23)26)5-6-16(14)30-11-13-3-1-2-4-15(13)24(28)29;1-24-16(21)9-11-6-7-15(13(8-11)17(18)19)25-10-12-4-2-3-5-14(12)20(22)23;1-22-16-9-12(10-17(19)23-2)7-8-15(16)24-11-13-5-3-4-6-14(13)18(20)21;1-13-9-5-7(3-4-8(9)11)6-10(12)14-2;1-12-9(11)6-7-2-4-8(10)5-3-7/h1-6,9,20H,7-8,10-11H2;2-8,17H,9-10H2,1H3;3-9H,10-11H2,1-2H3;3-5,11H,6H2,1-2H3;2-5,10H,6H2,1H3. The Morgan fingerprint density at radius 1 is 0.406 bits per heavy atom. The first kappa shape index (κ1) is 83.4. The third-order valence-corrected chi connectivity index (χ3v) is 14.6. The number of phenols is 2. The lowest BCUT2D eigenvalue weighted by atomic mass is 10.1. The molecule has 0 radical (unpaired) electrons. The van der Waals surface area contributed by atoms with Crippen molar-refractivity contribution in [1.29, 1.82) is 0 Å². The Morgan fingerprint density at radius 3 is 1.08 bits per heavy atom. The number of aromatic hydroxyl groups is 2. The fraction of sp³-hybridized carbons (Fsp3) is 0.247. The van der Waals surface area contributed by atoms with Crippen LogP contribution in [0.4, 0.5) is 34.6 Å². The summed E-state index contributed by atoms with van der Waals surface area (Å²) in [5, 5.41) is 51.6. The molecule has 106 heavy (non-hydrogen) atoms. The van der Waals surface area contributed by atoms with Gasteiger partial charge < -0.3 is 57.7 Å². The molecule has 1 aliphatic heterocycles. The van der Waals surface area contributed by atoms with E-state index in [1.54, 1.807) is 72.8 Å². The molecule has 0 saturated carbocycles. The van der Waals surface area contributed by atoms with Crippen molar-refractivity contribution >= 4 is 58.7 Å². The molecular weight excluding hydrogens is 1410 g/mol. The van der Waals surface area contributed by atoms with Crippen LogP contribution in [0, 0.1) is 30.3 Å². The summed E-state index contributed by atoms with van der Waals surface area (Å²) in [5.41, 5.74) is 2.49. The number of nitrogens with zero attached hydrogens (tertiary/aromatic N) is 4. The number of benzene rings is 8. The van der Waals surface area contributed by atoms with Crippen molar-refractivity contribution in [3.8, 4) is 40.2 Å². The van der Waals surface area contributed by atoms with Gasteiger partial charge in [0.15, 0.2) is 23.0 Å². The molecule has 0 unspecified atom stereocenters. The fourth-order valence-corrected chi connectivity index (χ4v) is 9.22. The smallest absolute Gasteiger partial charge is 0.337 e. The van der Waals surface area contributed by atoms with Crippen LogP contribution < -0.4 is 23.7 Å². The number of rotatable bonds is 27. The molecule has 0 bridgehead atoms. The van der Waals surface area contributed by atoms with E-state index in [4.69, 9.17) is 33.6 Å². The second kappa shape index (κ2) is 42.3. The number of carbonyl (C=O) groups excluding carboxylic acids is 7. The minimum absolute atomic E-state index is 0.00113. The summed E-state index contributed by atoms with van der Waals surface area (Å²) in [6.07, 6.45) is -5.94. The molecule has 29 nitrogen and oxygen atoms in total. The van der Waals surface area contributed by atoms with E-state index in [1.807, 2.05) is 0 Å². The van der Waals surface area contributed by atoms with Crippen LogP contribution in [0.1, 0.15) is 81.3 Å². The number of hydrogen-bond donors (Lipinski definition) is 2. The van der Waals surface area contributed by atoms with Crippen LogP contribution in [0.25, 0.3) is 0 Å². The molecule has 0 aromatic heterocycles. The zero-order valence-electron chi connectivity index (χ0n) is 57.5. The summed E-state index contributed by atoms with van der Waals surface area (Å²) in [6.45, 7) is -0.505. The number of carbonyl (C=O) groups is 7. The highest BCUT2D eigenvalue weighted by Gasteiger charge is 2.33. The first-order valence-electron chi connectivity index (χ1n) is 31.1. The topological polar surface area (TPSA) is 385 Å². The van der Waals surface area contributed by atoms with E-state index in [0.29, 0.717) is 33.4 Å². The molecule has 2 N–H and O–H groups in total. The van der Waals surface area contributed by atoms with Gasteiger partial charge in [0.05, 0.1) is 117 Å². The van der Waals surface area contributed by atoms with Crippen LogP contribution in [0.2, 0.25) is 0 Å². The normalized spacial score (nSPS) is 11.1. The molecular formula is C73H70F4N4O25. The SMILES string of the molecule is COC(=O)Cc1ccc(O)c(OC)c1.COC(=O)Cc1ccc(O)cc1.COC(=O)Cc1ccc(OCc2ccccc2[N+](=O)[O-])c(C(F)F)c1.COC(=O)Cc1ccc(OCc2ccccc2[N+](=O)[O-])c(OC)c1.O=C(Cc1ccc(OCc2ccccc2[N+](=O)[O-])c(C(F)F)c1)ON1C(=O)CCC1=O. The quantitative estimate of drug-likeness (QED) is 0.0121. The number of nitro groups is 3. The number of halogens is 4.